The van der Waals surface area contributed by atoms with Crippen LogP contribution in [0.2, 0.25) is 0 Å². The van der Waals surface area contributed by atoms with Gasteiger partial charge in [-0.1, -0.05) is 68.1 Å². The summed E-state index contributed by atoms with van der Waals surface area (Å²) >= 11 is 1.38. The monoisotopic (exact) mass is 459 g/mol. The molecule has 1 heterocycles. The Hall–Kier alpha value is -3.25. The maximum atomic E-state index is 13.4. The van der Waals surface area contributed by atoms with Crippen molar-refractivity contribution in [3.05, 3.63) is 83.7 Å². The van der Waals surface area contributed by atoms with Crippen LogP contribution in [0.3, 0.4) is 0 Å². The molecule has 0 aliphatic rings. The first-order valence-electron chi connectivity index (χ1n) is 10.9. The normalized spacial score (nSPS) is 12.2. The van der Waals surface area contributed by atoms with Crippen LogP contribution >= 0.6 is 11.8 Å². The van der Waals surface area contributed by atoms with E-state index >= 15 is 0 Å². The van der Waals surface area contributed by atoms with E-state index in [1.165, 1.54) is 23.9 Å². The Morgan fingerprint density at radius 3 is 2.30 bits per heavy atom. The predicted octanol–water partition coefficient (Wildman–Crippen LogP) is 6.99. The maximum Gasteiger partial charge on any atom is 0.237 e. The van der Waals surface area contributed by atoms with Crippen molar-refractivity contribution in [3.8, 4) is 11.3 Å². The van der Waals surface area contributed by atoms with Gasteiger partial charge in [0.2, 0.25) is 5.91 Å². The van der Waals surface area contributed by atoms with Crippen LogP contribution in [0, 0.1) is 12.7 Å². The zero-order valence-corrected chi connectivity index (χ0v) is 19.9. The average Bonchev–Trinajstić information content (AvgIpc) is 2.81. The van der Waals surface area contributed by atoms with E-state index in [1.54, 1.807) is 12.1 Å². The zero-order valence-electron chi connectivity index (χ0n) is 19.1. The first-order chi connectivity index (χ1) is 15.8. The van der Waals surface area contributed by atoms with Crippen molar-refractivity contribution >= 4 is 34.1 Å². The topological polar surface area (TPSA) is 54.9 Å². The number of nitrogens with one attached hydrogen (secondary N) is 1. The minimum absolute atomic E-state index is 0.0790. The molecule has 1 unspecified atom stereocenters. The fourth-order valence-electron chi connectivity index (χ4n) is 3.78. The van der Waals surface area contributed by atoms with Crippen molar-refractivity contribution in [3.63, 3.8) is 0 Å². The number of thioether (sulfide) groups is 1. The highest BCUT2D eigenvalue weighted by atomic mass is 32.2. The van der Waals surface area contributed by atoms with E-state index in [-0.39, 0.29) is 17.0 Å². The van der Waals surface area contributed by atoms with Crippen LogP contribution in [0.15, 0.2) is 71.8 Å². The molecule has 1 atom stereocenters. The molecule has 4 aromatic rings. The average molecular weight is 460 g/mol. The second kappa shape index (κ2) is 9.71. The number of para-hydroxylation sites is 1. The maximum absolute atomic E-state index is 13.4. The summed E-state index contributed by atoms with van der Waals surface area (Å²) in [5, 5.41) is 14.1. The van der Waals surface area contributed by atoms with Gasteiger partial charge in [-0.25, -0.2) is 4.39 Å². The summed E-state index contributed by atoms with van der Waals surface area (Å²) in [4.78, 5) is 13.1. The summed E-state index contributed by atoms with van der Waals surface area (Å²) < 4.78 is 13.4. The van der Waals surface area contributed by atoms with Gasteiger partial charge in [0.1, 0.15) is 16.5 Å². The van der Waals surface area contributed by atoms with E-state index in [0.717, 1.165) is 33.2 Å². The molecule has 0 spiro atoms. The van der Waals surface area contributed by atoms with E-state index < -0.39 is 0 Å². The number of nitrogens with zero attached hydrogens (tertiary/aromatic N) is 2. The first-order valence-corrected chi connectivity index (χ1v) is 11.8. The van der Waals surface area contributed by atoms with Crippen molar-refractivity contribution in [2.75, 3.05) is 5.32 Å². The Morgan fingerprint density at radius 1 is 0.909 bits per heavy atom. The molecule has 1 N–H and O–H groups in total. The molecule has 6 heteroatoms. The molecule has 0 saturated heterocycles. The van der Waals surface area contributed by atoms with Crippen molar-refractivity contribution in [2.24, 2.45) is 0 Å². The van der Waals surface area contributed by atoms with Crippen LogP contribution in [0.4, 0.5) is 10.1 Å². The minimum Gasteiger partial charge on any atom is -0.325 e. The lowest BCUT2D eigenvalue weighted by atomic mass is 9.98. The summed E-state index contributed by atoms with van der Waals surface area (Å²) in [7, 11) is 0. The number of benzene rings is 3. The van der Waals surface area contributed by atoms with Gasteiger partial charge < -0.3 is 5.32 Å². The largest absolute Gasteiger partial charge is 0.325 e. The number of amides is 1. The second-order valence-electron chi connectivity index (χ2n) is 8.35. The second-order valence-corrected chi connectivity index (χ2v) is 9.68. The summed E-state index contributed by atoms with van der Waals surface area (Å²) in [6.45, 7) is 8.12. The number of carbonyl (C=O) groups excluding carboxylic acids is 1. The van der Waals surface area contributed by atoms with Crippen molar-refractivity contribution in [1.29, 1.82) is 0 Å². The molecule has 4 rings (SSSR count). The molecule has 1 amide bonds. The molecule has 168 valence electrons. The van der Waals surface area contributed by atoms with E-state index in [1.807, 2.05) is 50.2 Å². The number of fused-ring (bicyclic) bond motifs is 1. The molecule has 33 heavy (non-hydrogen) atoms. The van der Waals surface area contributed by atoms with Crippen LogP contribution in [-0.4, -0.2) is 21.4 Å². The fourth-order valence-corrected chi connectivity index (χ4v) is 4.67. The molecule has 0 bridgehead atoms. The number of halogens is 1. The summed E-state index contributed by atoms with van der Waals surface area (Å²) in [5.41, 5.74) is 4.53. The first kappa shape index (κ1) is 22.9. The Morgan fingerprint density at radius 2 is 1.61 bits per heavy atom. The van der Waals surface area contributed by atoms with E-state index in [4.69, 9.17) is 0 Å². The zero-order chi connectivity index (χ0) is 23.5. The molecule has 0 aliphatic carbocycles. The molecular formula is C27H26FN3OS. The van der Waals surface area contributed by atoms with Crippen LogP contribution in [-0.2, 0) is 4.79 Å². The number of aromatic nitrogens is 2. The summed E-state index contributed by atoms with van der Waals surface area (Å²) in [6.07, 6.45) is 0. The SMILES string of the molecule is Cc1cccc(C(C)C)c1NC(=O)C(C)Sc1nnc(-c2ccc(F)cc2)c2ccccc12. The number of hydrogen-bond acceptors (Lipinski definition) is 4. The van der Waals surface area contributed by atoms with Gasteiger partial charge in [0.05, 0.1) is 5.25 Å². The molecule has 0 radical (unpaired) electrons. The van der Waals surface area contributed by atoms with Gasteiger partial charge in [-0.05, 0) is 55.2 Å². The lowest BCUT2D eigenvalue weighted by Gasteiger charge is -2.19. The highest BCUT2D eigenvalue weighted by Gasteiger charge is 2.21. The number of hydrogen-bond donors (Lipinski definition) is 1. The van der Waals surface area contributed by atoms with E-state index in [9.17, 15) is 9.18 Å². The van der Waals surface area contributed by atoms with E-state index in [2.05, 4.69) is 35.4 Å². The third-order valence-corrected chi connectivity index (χ3v) is 6.70. The number of carbonyl (C=O) groups is 1. The van der Waals surface area contributed by atoms with Gasteiger partial charge in [0.15, 0.2) is 0 Å². The van der Waals surface area contributed by atoms with Crippen LogP contribution < -0.4 is 5.32 Å². The standard InChI is InChI=1S/C27H26FN3OS/c1-16(2)21-11-7-8-17(3)24(21)29-26(32)18(4)33-27-23-10-6-5-9-22(23)25(30-31-27)19-12-14-20(28)15-13-19/h5-16,18H,1-4H3,(H,29,32). The quantitative estimate of drug-likeness (QED) is 0.316. The third kappa shape index (κ3) is 4.91. The molecule has 1 aromatic heterocycles. The minimum atomic E-state index is -0.376. The van der Waals surface area contributed by atoms with Gasteiger partial charge in [0.25, 0.3) is 0 Å². The summed E-state index contributed by atoms with van der Waals surface area (Å²) in [6, 6.07) is 20.1. The van der Waals surface area contributed by atoms with Crippen molar-refractivity contribution < 1.29 is 9.18 Å². The number of anilines is 1. The lowest BCUT2D eigenvalue weighted by Crippen LogP contribution is -2.24. The van der Waals surface area contributed by atoms with Crippen LogP contribution in [0.1, 0.15) is 37.8 Å². The Labute approximate surface area is 197 Å². The highest BCUT2D eigenvalue weighted by Crippen LogP contribution is 2.34. The van der Waals surface area contributed by atoms with Crippen molar-refractivity contribution in [1.82, 2.24) is 10.2 Å². The lowest BCUT2D eigenvalue weighted by molar-refractivity contribution is -0.115. The molecule has 0 aliphatic heterocycles. The Bertz CT molecular complexity index is 1300. The molecular weight excluding hydrogens is 433 g/mol. The molecule has 0 saturated carbocycles. The Kier molecular flexibility index (Phi) is 6.75. The molecule has 0 fully saturated rings. The van der Waals surface area contributed by atoms with E-state index in [0.29, 0.717) is 16.6 Å². The van der Waals surface area contributed by atoms with Crippen LogP contribution in [0.25, 0.3) is 22.0 Å². The van der Waals surface area contributed by atoms with Gasteiger partial charge in [-0.2, -0.15) is 0 Å². The van der Waals surface area contributed by atoms with Crippen LogP contribution in [0.5, 0.6) is 0 Å². The third-order valence-electron chi connectivity index (χ3n) is 5.60. The van der Waals surface area contributed by atoms with Gasteiger partial charge in [-0.3, -0.25) is 4.79 Å². The molecule has 4 nitrogen and oxygen atoms in total. The van der Waals surface area contributed by atoms with Crippen molar-refractivity contribution in [2.45, 2.75) is 43.9 Å². The fraction of sp³-hybridized carbons (Fsp3) is 0.222. The van der Waals surface area contributed by atoms with Gasteiger partial charge >= 0.3 is 0 Å². The van der Waals surface area contributed by atoms with Gasteiger partial charge in [0, 0.05) is 22.0 Å². The summed E-state index contributed by atoms with van der Waals surface area (Å²) in [5.74, 6) is -0.0704. The molecule has 3 aromatic carbocycles. The van der Waals surface area contributed by atoms with Gasteiger partial charge in [-0.15, -0.1) is 10.2 Å². The number of aryl methyl sites for hydroxylation is 1. The smallest absolute Gasteiger partial charge is 0.237 e. The number of rotatable bonds is 6. The predicted molar refractivity (Wildman–Crippen MR) is 134 cm³/mol. The highest BCUT2D eigenvalue weighted by molar-refractivity contribution is 8.00. The Balaban J connectivity index is 1.61.